The van der Waals surface area contributed by atoms with E-state index < -0.39 is 11.2 Å². The van der Waals surface area contributed by atoms with Crippen molar-refractivity contribution >= 4 is 0 Å². The molecule has 0 spiro atoms. The van der Waals surface area contributed by atoms with Crippen molar-refractivity contribution in [1.29, 1.82) is 0 Å². The van der Waals surface area contributed by atoms with Crippen molar-refractivity contribution in [3.63, 3.8) is 0 Å². The van der Waals surface area contributed by atoms with Gasteiger partial charge in [0.1, 0.15) is 0 Å². The number of ether oxygens (including phenoxy) is 2. The third kappa shape index (κ3) is 1.90. The van der Waals surface area contributed by atoms with Crippen LogP contribution in [0.3, 0.4) is 0 Å². The van der Waals surface area contributed by atoms with Crippen LogP contribution in [0, 0.1) is 35.0 Å². The first kappa shape index (κ1) is 17.7. The van der Waals surface area contributed by atoms with Crippen molar-refractivity contribution < 1.29 is 19.7 Å². The van der Waals surface area contributed by atoms with Crippen LogP contribution in [0.2, 0.25) is 0 Å². The lowest BCUT2D eigenvalue weighted by Gasteiger charge is -2.54. The Labute approximate surface area is 163 Å². The lowest BCUT2D eigenvalue weighted by molar-refractivity contribution is -0.144. The van der Waals surface area contributed by atoms with Gasteiger partial charge in [0.15, 0.2) is 0 Å². The van der Waals surface area contributed by atoms with Crippen molar-refractivity contribution in [3.8, 4) is 0 Å². The van der Waals surface area contributed by atoms with Gasteiger partial charge < -0.3 is 19.7 Å². The van der Waals surface area contributed by atoms with Gasteiger partial charge in [0, 0.05) is 23.2 Å². The van der Waals surface area contributed by atoms with E-state index >= 15 is 0 Å². The molecule has 0 aromatic rings. The molecular weight excluding hydrogens is 340 g/mol. The van der Waals surface area contributed by atoms with E-state index in [2.05, 4.69) is 20.8 Å². The van der Waals surface area contributed by atoms with Crippen LogP contribution in [-0.2, 0) is 9.47 Å². The van der Waals surface area contributed by atoms with Crippen LogP contribution in [0.4, 0.5) is 0 Å². The highest BCUT2D eigenvalue weighted by atomic mass is 16.6. The Morgan fingerprint density at radius 3 is 1.78 bits per heavy atom. The van der Waals surface area contributed by atoms with Crippen LogP contribution in [-0.4, -0.2) is 45.8 Å². The molecular formula is C23H36O4. The number of hydrogen-bond acceptors (Lipinski definition) is 4. The molecule has 4 heteroatoms. The first-order valence-electron chi connectivity index (χ1n) is 11.6. The fourth-order valence-corrected chi connectivity index (χ4v) is 9.02. The van der Waals surface area contributed by atoms with Crippen LogP contribution >= 0.6 is 0 Å². The summed E-state index contributed by atoms with van der Waals surface area (Å²) in [7, 11) is 0. The molecule has 152 valence electrons. The van der Waals surface area contributed by atoms with Gasteiger partial charge in [0.05, 0.1) is 35.6 Å². The van der Waals surface area contributed by atoms with Crippen molar-refractivity contribution in [3.05, 3.63) is 0 Å². The molecule has 6 aliphatic rings. The zero-order chi connectivity index (χ0) is 18.8. The average Bonchev–Trinajstić information content (AvgIpc) is 3.40. The van der Waals surface area contributed by atoms with E-state index in [1.54, 1.807) is 0 Å². The van der Waals surface area contributed by atoms with Crippen LogP contribution in [0.25, 0.3) is 0 Å². The van der Waals surface area contributed by atoms with E-state index in [-0.39, 0.29) is 41.7 Å². The number of fused-ring (bicyclic) bond motifs is 9. The molecule has 4 bridgehead atoms. The second-order valence-electron chi connectivity index (χ2n) is 11.3. The molecule has 0 amide bonds. The van der Waals surface area contributed by atoms with E-state index in [4.69, 9.17) is 9.47 Å². The summed E-state index contributed by atoms with van der Waals surface area (Å²) in [5.74, 6) is 1.64. The highest BCUT2D eigenvalue weighted by molar-refractivity contribution is 5.27. The third-order valence-electron chi connectivity index (χ3n) is 10.3. The van der Waals surface area contributed by atoms with E-state index in [0.29, 0.717) is 17.8 Å². The first-order chi connectivity index (χ1) is 12.8. The molecule has 27 heavy (non-hydrogen) atoms. The van der Waals surface area contributed by atoms with Gasteiger partial charge >= 0.3 is 0 Å². The van der Waals surface area contributed by atoms with Crippen LogP contribution in [0.5, 0.6) is 0 Å². The summed E-state index contributed by atoms with van der Waals surface area (Å²) in [6.07, 6.45) is 8.51. The Bertz CT molecular complexity index is 636. The highest BCUT2D eigenvalue weighted by Gasteiger charge is 2.80. The summed E-state index contributed by atoms with van der Waals surface area (Å²) >= 11 is 0. The molecule has 0 radical (unpaired) electrons. The Balaban J connectivity index is 1.46. The van der Waals surface area contributed by atoms with Crippen molar-refractivity contribution in [2.45, 2.75) is 108 Å². The van der Waals surface area contributed by atoms with E-state index in [9.17, 15) is 10.2 Å². The monoisotopic (exact) mass is 376 g/mol. The third-order valence-corrected chi connectivity index (χ3v) is 10.3. The molecule has 10 atom stereocenters. The number of rotatable bonds is 2. The van der Waals surface area contributed by atoms with Gasteiger partial charge in [0.2, 0.25) is 0 Å². The smallest absolute Gasteiger partial charge is 0.0722 e. The Hall–Kier alpha value is -0.160. The minimum atomic E-state index is -0.660. The molecule has 4 aliphatic heterocycles. The van der Waals surface area contributed by atoms with Crippen LogP contribution < -0.4 is 0 Å². The highest BCUT2D eigenvalue weighted by Crippen LogP contribution is 2.72. The molecule has 6 rings (SSSR count). The minimum absolute atomic E-state index is 0.00426. The Morgan fingerprint density at radius 2 is 1.19 bits per heavy atom. The van der Waals surface area contributed by atoms with Crippen molar-refractivity contribution in [2.24, 2.45) is 35.0 Å². The van der Waals surface area contributed by atoms with Gasteiger partial charge in [-0.3, -0.25) is 0 Å². The van der Waals surface area contributed by atoms with Gasteiger partial charge in [-0.1, -0.05) is 46.5 Å². The fraction of sp³-hybridized carbons (Fsp3) is 1.00. The standard InChI is InChI=1S/C23H36O4/c1-12-13(2)19-21(3)16(17(12)26-19)18-14(22(24)8-4-5-9-22)15(20(21)27-18)23(25)10-6-7-11-23/h12-20,24-25H,4-11H2,1-3H3. The Morgan fingerprint density at radius 1 is 0.667 bits per heavy atom. The maximum absolute atomic E-state index is 11.7. The fourth-order valence-electron chi connectivity index (χ4n) is 9.02. The van der Waals surface area contributed by atoms with Crippen molar-refractivity contribution in [1.82, 2.24) is 0 Å². The quantitative estimate of drug-likeness (QED) is 0.776. The average molecular weight is 377 g/mol. The minimum Gasteiger partial charge on any atom is -0.389 e. The molecule has 6 fully saturated rings. The van der Waals surface area contributed by atoms with Gasteiger partial charge in [-0.05, 0) is 37.5 Å². The Kier molecular flexibility index (Phi) is 3.47. The molecule has 2 aliphatic carbocycles. The van der Waals surface area contributed by atoms with Crippen LogP contribution in [0.1, 0.15) is 72.1 Å². The lowest BCUT2D eigenvalue weighted by Crippen LogP contribution is -2.64. The molecule has 2 saturated carbocycles. The SMILES string of the molecule is CC1C(C)C2OC1C1C3OC(C(C4(O)CCCC4)C3C3(O)CCCC3)C21C. The summed E-state index contributed by atoms with van der Waals surface area (Å²) in [5, 5.41) is 23.5. The van der Waals surface area contributed by atoms with E-state index in [0.717, 1.165) is 51.4 Å². The van der Waals surface area contributed by atoms with E-state index in [1.807, 2.05) is 0 Å². The zero-order valence-corrected chi connectivity index (χ0v) is 17.1. The topological polar surface area (TPSA) is 58.9 Å². The van der Waals surface area contributed by atoms with Gasteiger partial charge in [-0.2, -0.15) is 0 Å². The summed E-state index contributed by atoms with van der Waals surface area (Å²) in [4.78, 5) is 0. The molecule has 2 N–H and O–H groups in total. The van der Waals surface area contributed by atoms with Gasteiger partial charge in [-0.15, -0.1) is 0 Å². The predicted octanol–water partition coefficient (Wildman–Crippen LogP) is 3.29. The van der Waals surface area contributed by atoms with Crippen LogP contribution in [0.15, 0.2) is 0 Å². The zero-order valence-electron chi connectivity index (χ0n) is 17.1. The molecule has 0 aromatic carbocycles. The molecule has 4 nitrogen and oxygen atoms in total. The molecule has 4 saturated heterocycles. The second-order valence-corrected chi connectivity index (χ2v) is 11.3. The van der Waals surface area contributed by atoms with Gasteiger partial charge in [0.25, 0.3) is 0 Å². The number of aliphatic hydroxyl groups is 2. The molecule has 0 aromatic heterocycles. The largest absolute Gasteiger partial charge is 0.389 e. The summed E-state index contributed by atoms with van der Waals surface area (Å²) in [6.45, 7) is 7.06. The molecule has 10 unspecified atom stereocenters. The summed E-state index contributed by atoms with van der Waals surface area (Å²) < 4.78 is 13.4. The molecule has 4 heterocycles. The maximum atomic E-state index is 11.7. The first-order valence-corrected chi connectivity index (χ1v) is 11.6. The normalized spacial score (nSPS) is 59.7. The van der Waals surface area contributed by atoms with Crippen molar-refractivity contribution in [2.75, 3.05) is 0 Å². The summed E-state index contributed by atoms with van der Waals surface area (Å²) in [5.41, 5.74) is -1.32. The lowest BCUT2D eigenvalue weighted by atomic mass is 9.48. The maximum Gasteiger partial charge on any atom is 0.0722 e. The van der Waals surface area contributed by atoms with E-state index in [1.165, 1.54) is 0 Å². The summed E-state index contributed by atoms with van der Waals surface area (Å²) in [6, 6.07) is 0. The number of hydrogen-bond donors (Lipinski definition) is 2. The predicted molar refractivity (Wildman–Crippen MR) is 101 cm³/mol. The van der Waals surface area contributed by atoms with Gasteiger partial charge in [-0.25, -0.2) is 0 Å². The second kappa shape index (κ2) is 5.30.